The van der Waals surface area contributed by atoms with Crippen molar-refractivity contribution < 1.29 is 26.6 Å². The van der Waals surface area contributed by atoms with Crippen LogP contribution in [0.1, 0.15) is 47.0 Å². The first-order valence-corrected chi connectivity index (χ1v) is 15.9. The molecule has 35 heavy (non-hydrogen) atoms. The molecule has 6 nitrogen and oxygen atoms in total. The molecule has 0 N–H and O–H groups in total. The van der Waals surface area contributed by atoms with Gasteiger partial charge in [0.2, 0.25) is 0 Å². The first-order chi connectivity index (χ1) is 16.4. The van der Waals surface area contributed by atoms with E-state index in [1.54, 1.807) is 0 Å². The number of rotatable bonds is 8. The molecule has 1 fully saturated rings. The lowest BCUT2D eigenvalue weighted by molar-refractivity contribution is -0.151. The smallest absolute Gasteiger partial charge is 0.308 e. The van der Waals surface area contributed by atoms with Crippen molar-refractivity contribution in [2.45, 2.75) is 64.2 Å². The van der Waals surface area contributed by atoms with Crippen molar-refractivity contribution in [2.75, 3.05) is 13.4 Å². The monoisotopic (exact) mass is 518 g/mol. The van der Waals surface area contributed by atoms with Crippen LogP contribution in [-0.2, 0) is 28.3 Å². The number of carbonyl (C=O) groups is 1. The first-order valence-electron chi connectivity index (χ1n) is 12.2. The van der Waals surface area contributed by atoms with Crippen molar-refractivity contribution in [3.63, 3.8) is 0 Å². The SMILES string of the molecule is CC[C@@H]1[C@H](O[Si](c2ccccc2)(c2ccccc2)C(C)(C)C)C[C@H](C(=O)OC)C[C@H]1OS(C)(=O)=O. The summed E-state index contributed by atoms with van der Waals surface area (Å²) < 4.78 is 42.2. The van der Waals surface area contributed by atoms with E-state index in [2.05, 4.69) is 45.0 Å². The van der Waals surface area contributed by atoms with Gasteiger partial charge in [0.1, 0.15) is 0 Å². The molecule has 0 heterocycles. The lowest BCUT2D eigenvalue weighted by atomic mass is 9.76. The highest BCUT2D eigenvalue weighted by Gasteiger charge is 2.54. The molecule has 0 bridgehead atoms. The second-order valence-corrected chi connectivity index (χ2v) is 16.3. The molecule has 4 atom stereocenters. The van der Waals surface area contributed by atoms with E-state index in [4.69, 9.17) is 13.3 Å². The first kappa shape index (κ1) is 27.6. The van der Waals surface area contributed by atoms with E-state index in [0.29, 0.717) is 19.3 Å². The van der Waals surface area contributed by atoms with Crippen LogP contribution in [0.4, 0.5) is 0 Å². The number of methoxy groups -OCH3 is 1. The molecule has 0 radical (unpaired) electrons. The number of carbonyl (C=O) groups excluding carboxylic acids is 1. The Morgan fingerprint density at radius 1 is 0.943 bits per heavy atom. The maximum Gasteiger partial charge on any atom is 0.308 e. The minimum absolute atomic E-state index is 0.188. The molecule has 0 spiro atoms. The summed E-state index contributed by atoms with van der Waals surface area (Å²) in [6.07, 6.45) is 1.43. The number of hydrogen-bond acceptors (Lipinski definition) is 6. The van der Waals surface area contributed by atoms with Crippen molar-refractivity contribution in [3.8, 4) is 0 Å². The molecule has 0 unspecified atom stereocenters. The van der Waals surface area contributed by atoms with Gasteiger partial charge in [0.25, 0.3) is 18.4 Å². The summed E-state index contributed by atoms with van der Waals surface area (Å²) in [5.74, 6) is -1.05. The average molecular weight is 519 g/mol. The van der Waals surface area contributed by atoms with Crippen molar-refractivity contribution in [2.24, 2.45) is 11.8 Å². The van der Waals surface area contributed by atoms with E-state index in [1.165, 1.54) is 7.11 Å². The summed E-state index contributed by atoms with van der Waals surface area (Å²) in [5, 5.41) is 2.02. The fraction of sp³-hybridized carbons (Fsp3) is 0.519. The normalized spacial score (nSPS) is 23.6. The fourth-order valence-corrected chi connectivity index (χ4v) is 10.9. The van der Waals surface area contributed by atoms with Gasteiger partial charge >= 0.3 is 5.97 Å². The summed E-state index contributed by atoms with van der Waals surface area (Å²) in [5.41, 5.74) is 0. The summed E-state index contributed by atoms with van der Waals surface area (Å²) >= 11 is 0. The molecule has 0 amide bonds. The minimum Gasteiger partial charge on any atom is -0.469 e. The van der Waals surface area contributed by atoms with Crippen molar-refractivity contribution in [1.29, 1.82) is 0 Å². The Balaban J connectivity index is 2.18. The molecule has 192 valence electrons. The molecule has 8 heteroatoms. The summed E-state index contributed by atoms with van der Waals surface area (Å²) in [4.78, 5) is 12.6. The van der Waals surface area contributed by atoms with E-state index in [0.717, 1.165) is 16.6 Å². The fourth-order valence-electron chi connectivity index (χ4n) is 5.52. The predicted molar refractivity (Wildman–Crippen MR) is 141 cm³/mol. The zero-order valence-electron chi connectivity index (χ0n) is 21.6. The molecular formula is C27H38O6SSi. The van der Waals surface area contributed by atoms with Gasteiger partial charge in [-0.15, -0.1) is 0 Å². The van der Waals surface area contributed by atoms with Crippen LogP contribution in [-0.4, -0.2) is 48.3 Å². The Hall–Kier alpha value is -2.00. The van der Waals surface area contributed by atoms with E-state index in [9.17, 15) is 13.2 Å². The number of hydrogen-bond donors (Lipinski definition) is 0. The molecule has 1 aliphatic carbocycles. The van der Waals surface area contributed by atoms with Gasteiger partial charge in [-0.1, -0.05) is 88.4 Å². The van der Waals surface area contributed by atoms with Gasteiger partial charge in [0, 0.05) is 5.92 Å². The lowest BCUT2D eigenvalue weighted by Crippen LogP contribution is -2.69. The molecule has 0 aromatic heterocycles. The Labute approximate surface area is 211 Å². The van der Waals surface area contributed by atoms with E-state index in [-0.39, 0.29) is 23.0 Å². The lowest BCUT2D eigenvalue weighted by Gasteiger charge is -2.49. The maximum atomic E-state index is 12.6. The average Bonchev–Trinajstić information content (AvgIpc) is 2.81. The van der Waals surface area contributed by atoms with Crippen LogP contribution in [0.15, 0.2) is 60.7 Å². The van der Waals surface area contributed by atoms with Gasteiger partial charge in [0.15, 0.2) is 0 Å². The van der Waals surface area contributed by atoms with E-state index >= 15 is 0 Å². The Morgan fingerprint density at radius 3 is 1.83 bits per heavy atom. The second-order valence-electron chi connectivity index (χ2n) is 10.4. The van der Waals surface area contributed by atoms with Gasteiger partial charge in [-0.05, 0) is 34.7 Å². The Kier molecular flexibility index (Phi) is 8.63. The van der Waals surface area contributed by atoms with Crippen molar-refractivity contribution in [1.82, 2.24) is 0 Å². The molecule has 0 saturated heterocycles. The Morgan fingerprint density at radius 2 is 1.43 bits per heavy atom. The topological polar surface area (TPSA) is 78.9 Å². The molecule has 1 aliphatic rings. The van der Waals surface area contributed by atoms with Crippen LogP contribution in [0.2, 0.25) is 5.04 Å². The highest BCUT2D eigenvalue weighted by Crippen LogP contribution is 2.43. The van der Waals surface area contributed by atoms with E-state index in [1.807, 2.05) is 43.3 Å². The van der Waals surface area contributed by atoms with Crippen LogP contribution in [0.5, 0.6) is 0 Å². The molecule has 3 rings (SSSR count). The zero-order chi connectivity index (χ0) is 25.9. The summed E-state index contributed by atoms with van der Waals surface area (Å²) in [6.45, 7) is 8.62. The maximum absolute atomic E-state index is 12.6. The Bertz CT molecular complexity index is 1040. The van der Waals surface area contributed by atoms with Gasteiger partial charge < -0.3 is 9.16 Å². The van der Waals surface area contributed by atoms with Crippen LogP contribution in [0, 0.1) is 11.8 Å². The number of esters is 1. The number of ether oxygens (including phenoxy) is 1. The molecule has 2 aromatic carbocycles. The van der Waals surface area contributed by atoms with Crippen molar-refractivity contribution >= 4 is 34.8 Å². The number of benzene rings is 2. The second kappa shape index (κ2) is 10.9. The third-order valence-electron chi connectivity index (χ3n) is 7.04. The highest BCUT2D eigenvalue weighted by atomic mass is 32.2. The summed E-state index contributed by atoms with van der Waals surface area (Å²) in [6, 6.07) is 20.6. The molecule has 2 aromatic rings. The van der Waals surface area contributed by atoms with Crippen LogP contribution in [0.25, 0.3) is 0 Å². The van der Waals surface area contributed by atoms with Gasteiger partial charge in [-0.3, -0.25) is 8.98 Å². The van der Waals surface area contributed by atoms with Gasteiger partial charge in [-0.2, -0.15) is 8.42 Å². The third-order valence-corrected chi connectivity index (χ3v) is 12.7. The molecule has 1 saturated carbocycles. The highest BCUT2D eigenvalue weighted by molar-refractivity contribution is 7.86. The van der Waals surface area contributed by atoms with Crippen LogP contribution < -0.4 is 10.4 Å². The van der Waals surface area contributed by atoms with Crippen molar-refractivity contribution in [3.05, 3.63) is 60.7 Å². The van der Waals surface area contributed by atoms with Crippen LogP contribution in [0.3, 0.4) is 0 Å². The standard InChI is InChI=1S/C27H38O6SSi/c1-7-23-24(32-34(6,29)30)18-20(26(28)31-5)19-25(23)33-35(27(2,3)4,21-14-10-8-11-15-21)22-16-12-9-13-17-22/h8-17,20,23-25H,7,18-19H2,1-6H3/t20-,23+,24-,25-/m1/s1. The van der Waals surface area contributed by atoms with Crippen LogP contribution >= 0.6 is 0 Å². The van der Waals surface area contributed by atoms with Gasteiger partial charge in [0.05, 0.1) is 31.5 Å². The third kappa shape index (κ3) is 6.05. The quantitative estimate of drug-likeness (QED) is 0.300. The zero-order valence-corrected chi connectivity index (χ0v) is 23.4. The molecule has 0 aliphatic heterocycles. The largest absolute Gasteiger partial charge is 0.469 e. The minimum atomic E-state index is -3.72. The molecular weight excluding hydrogens is 480 g/mol. The summed E-state index contributed by atoms with van der Waals surface area (Å²) in [7, 11) is -5.27. The van der Waals surface area contributed by atoms with E-state index < -0.39 is 30.5 Å². The predicted octanol–water partition coefficient (Wildman–Crippen LogP) is 3.89. The van der Waals surface area contributed by atoms with Gasteiger partial charge in [-0.25, -0.2) is 0 Å².